The number of hydrogen-bond donors (Lipinski definition) is 3. The minimum Gasteiger partial charge on any atom is -0.489 e. The monoisotopic (exact) mass is 476 g/mol. The largest absolute Gasteiger partial charge is 0.489 e. The highest BCUT2D eigenvalue weighted by atomic mass is 32.2. The number of nitrogens with two attached hydrogens (primary N) is 1. The first-order valence-corrected chi connectivity index (χ1v) is 11.3. The molecule has 0 saturated heterocycles. The number of primary amides is 1. The fraction of sp³-hybridized carbons (Fsp3) is 0.381. The highest BCUT2D eigenvalue weighted by Gasteiger charge is 2.29. The fourth-order valence-corrected chi connectivity index (χ4v) is 2.32. The highest BCUT2D eigenvalue weighted by Crippen LogP contribution is 2.29. The standard InChI is InChI=1S/C20H23F3N2O2.CH4O3S/c1-19(2,18(24)26)25-12-11-14-5-9-17(10-6-14)27-13-15-3-7-16(8-4-15)20(21,22)23;1-5(2,3)4/h3-10,25H,11-13H2,1-2H3,(H2,24,26);1H3,(H,2,3,4). The number of hydrogen-bond acceptors (Lipinski definition) is 5. The number of nitrogens with one attached hydrogen (secondary N) is 1. The van der Waals surface area contributed by atoms with Crippen LogP contribution in [0, 0.1) is 0 Å². The lowest BCUT2D eigenvalue weighted by molar-refractivity contribution is -0.137. The normalized spacial score (nSPS) is 12.0. The lowest BCUT2D eigenvalue weighted by Gasteiger charge is -2.22. The van der Waals surface area contributed by atoms with Gasteiger partial charge in [-0.25, -0.2) is 0 Å². The molecule has 32 heavy (non-hydrogen) atoms. The van der Waals surface area contributed by atoms with Gasteiger partial charge in [0.25, 0.3) is 10.1 Å². The van der Waals surface area contributed by atoms with E-state index in [1.54, 1.807) is 26.0 Å². The van der Waals surface area contributed by atoms with Crippen LogP contribution in [-0.4, -0.2) is 37.2 Å². The predicted molar refractivity (Wildman–Crippen MR) is 115 cm³/mol. The highest BCUT2D eigenvalue weighted by molar-refractivity contribution is 7.85. The molecule has 0 spiro atoms. The summed E-state index contributed by atoms with van der Waals surface area (Å²) in [5, 5.41) is 3.10. The van der Waals surface area contributed by atoms with E-state index >= 15 is 0 Å². The average molecular weight is 477 g/mol. The molecule has 0 aliphatic rings. The van der Waals surface area contributed by atoms with E-state index in [0.717, 1.165) is 24.1 Å². The van der Waals surface area contributed by atoms with Crippen molar-refractivity contribution in [1.29, 1.82) is 0 Å². The van der Waals surface area contributed by atoms with Crippen LogP contribution >= 0.6 is 0 Å². The van der Waals surface area contributed by atoms with Crippen LogP contribution in [-0.2, 0) is 34.1 Å². The van der Waals surface area contributed by atoms with Gasteiger partial charge in [0, 0.05) is 6.54 Å². The second kappa shape index (κ2) is 11.3. The second-order valence-corrected chi connectivity index (χ2v) is 8.99. The van der Waals surface area contributed by atoms with Crippen molar-refractivity contribution in [2.45, 2.75) is 38.6 Å². The molecule has 0 bridgehead atoms. The molecule has 0 heterocycles. The molecule has 0 fully saturated rings. The maximum Gasteiger partial charge on any atom is 0.416 e. The second-order valence-electron chi connectivity index (χ2n) is 7.53. The molecule has 0 aliphatic carbocycles. The van der Waals surface area contributed by atoms with E-state index in [-0.39, 0.29) is 6.61 Å². The van der Waals surface area contributed by atoms with Gasteiger partial charge in [-0.3, -0.25) is 9.35 Å². The Morgan fingerprint density at radius 2 is 1.50 bits per heavy atom. The summed E-state index contributed by atoms with van der Waals surface area (Å²) in [4.78, 5) is 11.3. The Labute approximate surface area is 185 Å². The van der Waals surface area contributed by atoms with Crippen LogP contribution in [0.2, 0.25) is 0 Å². The van der Waals surface area contributed by atoms with Crippen LogP contribution in [0.15, 0.2) is 48.5 Å². The van der Waals surface area contributed by atoms with Crippen molar-refractivity contribution >= 4 is 16.0 Å². The van der Waals surface area contributed by atoms with E-state index in [2.05, 4.69) is 5.32 Å². The molecular weight excluding hydrogens is 449 g/mol. The van der Waals surface area contributed by atoms with Crippen molar-refractivity contribution in [3.8, 4) is 5.75 Å². The number of alkyl halides is 3. The molecule has 0 radical (unpaired) electrons. The molecule has 2 aromatic rings. The minimum atomic E-state index is -4.34. The summed E-state index contributed by atoms with van der Waals surface area (Å²) in [7, 11) is -3.67. The maximum atomic E-state index is 12.5. The van der Waals surface area contributed by atoms with Crippen LogP contribution in [0.3, 0.4) is 0 Å². The van der Waals surface area contributed by atoms with Crippen LogP contribution < -0.4 is 15.8 Å². The molecule has 0 unspecified atom stereocenters. The van der Waals surface area contributed by atoms with Crippen LogP contribution in [0.1, 0.15) is 30.5 Å². The SMILES string of the molecule is CC(C)(NCCc1ccc(OCc2ccc(C(F)(F)F)cc2)cc1)C(N)=O.CS(=O)(=O)O. The summed E-state index contributed by atoms with van der Waals surface area (Å²) in [6.45, 7) is 4.24. The van der Waals surface area contributed by atoms with Crippen LogP contribution in [0.4, 0.5) is 13.2 Å². The quantitative estimate of drug-likeness (QED) is 0.504. The van der Waals surface area contributed by atoms with Gasteiger partial charge in [-0.2, -0.15) is 21.6 Å². The molecule has 2 rings (SSSR count). The fourth-order valence-electron chi connectivity index (χ4n) is 2.32. The van der Waals surface area contributed by atoms with Crippen molar-refractivity contribution < 1.29 is 35.7 Å². The zero-order valence-corrected chi connectivity index (χ0v) is 18.8. The predicted octanol–water partition coefficient (Wildman–Crippen LogP) is 3.18. The number of amides is 1. The van der Waals surface area contributed by atoms with E-state index in [1.165, 1.54) is 12.1 Å². The molecule has 4 N–H and O–H groups in total. The number of carbonyl (C=O) groups excluding carboxylic acids is 1. The summed E-state index contributed by atoms with van der Waals surface area (Å²) in [6, 6.07) is 12.3. The number of rotatable bonds is 8. The van der Waals surface area contributed by atoms with Gasteiger partial charge in [0.05, 0.1) is 17.4 Å². The lowest BCUT2D eigenvalue weighted by Crippen LogP contribution is -2.51. The van der Waals surface area contributed by atoms with Crippen molar-refractivity contribution in [2.24, 2.45) is 5.73 Å². The number of carbonyl (C=O) groups is 1. The van der Waals surface area contributed by atoms with Crippen molar-refractivity contribution in [3.63, 3.8) is 0 Å². The molecule has 0 aromatic heterocycles. The third-order valence-electron chi connectivity index (χ3n) is 4.21. The zero-order chi connectivity index (χ0) is 24.6. The summed E-state index contributed by atoms with van der Waals surface area (Å²) in [5.41, 5.74) is 5.59. The topological polar surface area (TPSA) is 119 Å². The van der Waals surface area contributed by atoms with E-state index in [0.29, 0.717) is 24.1 Å². The van der Waals surface area contributed by atoms with Crippen LogP contribution in [0.25, 0.3) is 0 Å². The Kier molecular flexibility index (Phi) is 9.68. The molecule has 0 aliphatic heterocycles. The lowest BCUT2D eigenvalue weighted by atomic mass is 10.0. The first-order valence-electron chi connectivity index (χ1n) is 9.43. The molecule has 178 valence electrons. The molecule has 0 saturated carbocycles. The summed E-state index contributed by atoms with van der Waals surface area (Å²) in [6.07, 6.45) is -2.90. The van der Waals surface area contributed by atoms with E-state index in [9.17, 15) is 26.4 Å². The van der Waals surface area contributed by atoms with Gasteiger partial charge in [-0.05, 0) is 55.7 Å². The summed E-state index contributed by atoms with van der Waals surface area (Å²) < 4.78 is 69.1. The van der Waals surface area contributed by atoms with Crippen molar-refractivity contribution in [1.82, 2.24) is 5.32 Å². The first-order chi connectivity index (χ1) is 14.6. The number of benzene rings is 2. The van der Waals surface area contributed by atoms with Crippen molar-refractivity contribution in [3.05, 3.63) is 65.2 Å². The first kappa shape index (κ1) is 27.4. The van der Waals surface area contributed by atoms with E-state index in [4.69, 9.17) is 15.0 Å². The zero-order valence-electron chi connectivity index (χ0n) is 17.9. The summed E-state index contributed by atoms with van der Waals surface area (Å²) in [5.74, 6) is 0.221. The number of ether oxygens (including phenoxy) is 1. The third-order valence-corrected chi connectivity index (χ3v) is 4.21. The molecular formula is C21H27F3N2O5S. The molecule has 7 nitrogen and oxygen atoms in total. The maximum absolute atomic E-state index is 12.5. The molecule has 1 amide bonds. The average Bonchev–Trinajstić information content (AvgIpc) is 2.65. The van der Waals surface area contributed by atoms with Gasteiger partial charge in [-0.15, -0.1) is 0 Å². The molecule has 2 aromatic carbocycles. The molecule has 0 atom stereocenters. The Morgan fingerprint density at radius 1 is 1.03 bits per heavy atom. The van der Waals surface area contributed by atoms with Gasteiger partial charge in [0.15, 0.2) is 0 Å². The molecule has 11 heteroatoms. The number of halogens is 3. The van der Waals surface area contributed by atoms with Gasteiger partial charge in [0.1, 0.15) is 12.4 Å². The van der Waals surface area contributed by atoms with Crippen molar-refractivity contribution in [2.75, 3.05) is 12.8 Å². The Balaban J connectivity index is 0.000000920. The van der Waals surface area contributed by atoms with Gasteiger partial charge >= 0.3 is 6.18 Å². The minimum absolute atomic E-state index is 0.186. The third kappa shape index (κ3) is 11.1. The van der Waals surface area contributed by atoms with E-state index < -0.39 is 33.3 Å². The van der Waals surface area contributed by atoms with Crippen LogP contribution in [0.5, 0.6) is 5.75 Å². The van der Waals surface area contributed by atoms with Gasteiger partial charge in [-0.1, -0.05) is 24.3 Å². The summed E-state index contributed by atoms with van der Waals surface area (Å²) >= 11 is 0. The van der Waals surface area contributed by atoms with Gasteiger partial charge < -0.3 is 15.8 Å². The Bertz CT molecular complexity index is 966. The Morgan fingerprint density at radius 3 is 1.94 bits per heavy atom. The Hall–Kier alpha value is -2.63. The van der Waals surface area contributed by atoms with E-state index in [1.807, 2.05) is 12.1 Å². The smallest absolute Gasteiger partial charge is 0.416 e. The van der Waals surface area contributed by atoms with Gasteiger partial charge in [0.2, 0.25) is 5.91 Å².